The molecule has 0 bridgehead atoms. The van der Waals surface area contributed by atoms with E-state index < -0.39 is 29.2 Å². The third kappa shape index (κ3) is 5.80. The Morgan fingerprint density at radius 3 is 2.38 bits per heavy atom. The van der Waals surface area contributed by atoms with Crippen molar-refractivity contribution in [3.05, 3.63) is 113 Å². The molecule has 0 saturated heterocycles. The molecule has 2 heterocycles. The zero-order valence-corrected chi connectivity index (χ0v) is 22.3. The van der Waals surface area contributed by atoms with Gasteiger partial charge in [0.2, 0.25) is 0 Å². The van der Waals surface area contributed by atoms with E-state index in [-0.39, 0.29) is 29.4 Å². The number of aromatic nitrogens is 3. The summed E-state index contributed by atoms with van der Waals surface area (Å²) in [5, 5.41) is 12.8. The highest BCUT2D eigenvalue weighted by atomic mass is 19.4. The Kier molecular flexibility index (Phi) is 7.66. The molecule has 214 valence electrons. The van der Waals surface area contributed by atoms with Crippen LogP contribution >= 0.6 is 0 Å². The largest absolute Gasteiger partial charge is 0.497 e. The predicted octanol–water partition coefficient (Wildman–Crippen LogP) is 7.35. The van der Waals surface area contributed by atoms with E-state index in [1.165, 1.54) is 30.3 Å². The lowest BCUT2D eigenvalue weighted by atomic mass is 10.00. The first kappa shape index (κ1) is 28.3. The number of pyridine rings is 1. The third-order valence-electron chi connectivity index (χ3n) is 6.59. The molecule has 0 saturated carbocycles. The molecule has 0 spiro atoms. The van der Waals surface area contributed by atoms with E-state index in [1.807, 2.05) is 49.4 Å². The highest BCUT2D eigenvalue weighted by molar-refractivity contribution is 5.89. The van der Waals surface area contributed by atoms with E-state index in [0.717, 1.165) is 34.1 Å². The van der Waals surface area contributed by atoms with Crippen molar-refractivity contribution in [1.29, 1.82) is 0 Å². The van der Waals surface area contributed by atoms with Gasteiger partial charge in [-0.2, -0.15) is 18.3 Å². The number of benzene rings is 3. The molecule has 2 aromatic heterocycles. The lowest BCUT2D eigenvalue weighted by Gasteiger charge is -2.15. The van der Waals surface area contributed by atoms with E-state index in [1.54, 1.807) is 7.11 Å². The van der Waals surface area contributed by atoms with Gasteiger partial charge in [-0.3, -0.25) is 0 Å². The zero-order chi connectivity index (χ0) is 30.0. The Labute approximate surface area is 237 Å². The van der Waals surface area contributed by atoms with Crippen LogP contribution in [0.3, 0.4) is 0 Å². The molecule has 7 nitrogen and oxygen atoms in total. The number of carbonyl (C=O) groups is 1. The summed E-state index contributed by atoms with van der Waals surface area (Å²) in [6, 6.07) is 21.5. The molecule has 0 unspecified atom stereocenters. The van der Waals surface area contributed by atoms with Crippen LogP contribution in [-0.2, 0) is 12.8 Å². The van der Waals surface area contributed by atoms with E-state index in [0.29, 0.717) is 10.9 Å². The standard InChI is InChI=1S/C31H23F4N3O4/c1-18-14-20(19-8-11-23(41-2)12-9-19)6-7-21(18)17-42-27-13-10-22(32)15-24(27)26-4-3-5-28(37-26)38-29(31(33,34)35)25(16-36-38)30(39)40/h3-16H,17H2,1-2H3,(H,39,40). The molecule has 0 aliphatic rings. The fourth-order valence-corrected chi connectivity index (χ4v) is 4.45. The molecule has 5 aromatic rings. The summed E-state index contributed by atoms with van der Waals surface area (Å²) in [6.45, 7) is 2.07. The van der Waals surface area contributed by atoms with Gasteiger partial charge in [0.25, 0.3) is 0 Å². The number of halogens is 4. The van der Waals surface area contributed by atoms with Gasteiger partial charge in [0.05, 0.1) is 19.0 Å². The normalized spacial score (nSPS) is 11.4. The highest BCUT2D eigenvalue weighted by Gasteiger charge is 2.41. The minimum Gasteiger partial charge on any atom is -0.497 e. The second kappa shape index (κ2) is 11.4. The van der Waals surface area contributed by atoms with Gasteiger partial charge >= 0.3 is 12.1 Å². The number of hydrogen-bond acceptors (Lipinski definition) is 5. The van der Waals surface area contributed by atoms with E-state index in [9.17, 15) is 27.5 Å². The minimum atomic E-state index is -5.02. The first-order valence-corrected chi connectivity index (χ1v) is 12.6. The average molecular weight is 578 g/mol. The second-order valence-corrected chi connectivity index (χ2v) is 9.30. The quantitative estimate of drug-likeness (QED) is 0.194. The highest BCUT2D eigenvalue weighted by Crippen LogP contribution is 2.35. The summed E-state index contributed by atoms with van der Waals surface area (Å²) in [5.74, 6) is -1.67. The van der Waals surface area contributed by atoms with Crippen LogP contribution in [0.2, 0.25) is 0 Å². The van der Waals surface area contributed by atoms with Crippen LogP contribution < -0.4 is 9.47 Å². The van der Waals surface area contributed by atoms with E-state index in [4.69, 9.17) is 9.47 Å². The minimum absolute atomic E-state index is 0.106. The van der Waals surface area contributed by atoms with Gasteiger partial charge in [0.1, 0.15) is 29.5 Å². The number of aromatic carboxylic acids is 1. The van der Waals surface area contributed by atoms with Gasteiger partial charge in [0.15, 0.2) is 11.5 Å². The molecule has 0 atom stereocenters. The molecule has 5 rings (SSSR count). The van der Waals surface area contributed by atoms with E-state index >= 15 is 0 Å². The molecular formula is C31H23F4N3O4. The fourth-order valence-electron chi connectivity index (χ4n) is 4.45. The summed E-state index contributed by atoms with van der Waals surface area (Å²) >= 11 is 0. The van der Waals surface area contributed by atoms with Crippen molar-refractivity contribution in [2.24, 2.45) is 0 Å². The summed E-state index contributed by atoms with van der Waals surface area (Å²) < 4.78 is 67.2. The van der Waals surface area contributed by atoms with Crippen LogP contribution in [0.5, 0.6) is 11.5 Å². The van der Waals surface area contributed by atoms with Crippen molar-refractivity contribution >= 4 is 5.97 Å². The number of rotatable bonds is 8. The van der Waals surface area contributed by atoms with Crippen LogP contribution in [0.1, 0.15) is 27.2 Å². The van der Waals surface area contributed by atoms with Crippen molar-refractivity contribution in [1.82, 2.24) is 14.8 Å². The van der Waals surface area contributed by atoms with Crippen molar-refractivity contribution in [2.75, 3.05) is 7.11 Å². The van der Waals surface area contributed by atoms with Crippen molar-refractivity contribution in [3.63, 3.8) is 0 Å². The van der Waals surface area contributed by atoms with Gasteiger partial charge < -0.3 is 14.6 Å². The maximum absolute atomic E-state index is 14.3. The molecule has 0 aliphatic carbocycles. The second-order valence-electron chi connectivity index (χ2n) is 9.30. The van der Waals surface area contributed by atoms with Crippen LogP contribution in [0, 0.1) is 12.7 Å². The van der Waals surface area contributed by atoms with Crippen molar-refractivity contribution in [3.8, 4) is 39.7 Å². The van der Waals surface area contributed by atoms with Gasteiger partial charge in [-0.15, -0.1) is 0 Å². The lowest BCUT2D eigenvalue weighted by Crippen LogP contribution is -2.18. The molecule has 11 heteroatoms. The molecule has 0 fully saturated rings. The summed E-state index contributed by atoms with van der Waals surface area (Å²) in [6.07, 6.45) is -4.41. The van der Waals surface area contributed by atoms with E-state index in [2.05, 4.69) is 10.1 Å². The Morgan fingerprint density at radius 2 is 1.71 bits per heavy atom. The number of aryl methyl sites for hydroxylation is 1. The number of alkyl halides is 3. The Balaban J connectivity index is 1.44. The Hall–Kier alpha value is -5.19. The van der Waals surface area contributed by atoms with Gasteiger partial charge in [-0.1, -0.05) is 36.4 Å². The van der Waals surface area contributed by atoms with Gasteiger partial charge in [-0.25, -0.2) is 18.9 Å². The molecule has 0 amide bonds. The molecule has 0 radical (unpaired) electrons. The van der Waals surface area contributed by atoms with Gasteiger partial charge in [0, 0.05) is 5.56 Å². The topological polar surface area (TPSA) is 86.5 Å². The third-order valence-corrected chi connectivity index (χ3v) is 6.59. The molecule has 3 aromatic carbocycles. The number of ether oxygens (including phenoxy) is 2. The first-order chi connectivity index (χ1) is 20.0. The maximum atomic E-state index is 14.3. The SMILES string of the molecule is COc1ccc(-c2ccc(COc3ccc(F)cc3-c3cccc(-n4ncc(C(=O)O)c4C(F)(F)F)n3)c(C)c2)cc1. The smallest absolute Gasteiger partial charge is 0.434 e. The zero-order valence-electron chi connectivity index (χ0n) is 22.3. The number of carboxylic acid groups (broad SMARTS) is 1. The number of hydrogen-bond donors (Lipinski definition) is 1. The van der Waals surface area contributed by atoms with Crippen molar-refractivity contribution < 1.29 is 36.9 Å². The summed E-state index contributed by atoms with van der Waals surface area (Å²) in [4.78, 5) is 15.6. The summed E-state index contributed by atoms with van der Waals surface area (Å²) in [7, 11) is 1.60. The van der Waals surface area contributed by atoms with Crippen LogP contribution in [0.15, 0.2) is 85.1 Å². The van der Waals surface area contributed by atoms with Gasteiger partial charge in [-0.05, 0) is 71.6 Å². The van der Waals surface area contributed by atoms with Crippen molar-refractivity contribution in [2.45, 2.75) is 19.7 Å². The van der Waals surface area contributed by atoms with Crippen LogP contribution in [-0.4, -0.2) is 33.0 Å². The summed E-state index contributed by atoms with van der Waals surface area (Å²) in [5.41, 5.74) is 1.65. The lowest BCUT2D eigenvalue weighted by molar-refractivity contribution is -0.143. The first-order valence-electron chi connectivity index (χ1n) is 12.6. The average Bonchev–Trinajstić information content (AvgIpc) is 3.44. The molecule has 0 aliphatic heterocycles. The Morgan fingerprint density at radius 1 is 0.976 bits per heavy atom. The molecule has 1 N–H and O–H groups in total. The molecule has 42 heavy (non-hydrogen) atoms. The van der Waals surface area contributed by atoms with Crippen LogP contribution in [0.25, 0.3) is 28.2 Å². The molecular weight excluding hydrogens is 554 g/mol. The number of methoxy groups -OCH3 is 1. The number of nitrogens with zero attached hydrogens (tertiary/aromatic N) is 3. The van der Waals surface area contributed by atoms with Crippen LogP contribution in [0.4, 0.5) is 17.6 Å². The fraction of sp³-hybridized carbons (Fsp3) is 0.129. The number of carboxylic acids is 1. The predicted molar refractivity (Wildman–Crippen MR) is 146 cm³/mol. The monoisotopic (exact) mass is 577 g/mol. The Bertz CT molecular complexity index is 1770. The maximum Gasteiger partial charge on any atom is 0.434 e.